The summed E-state index contributed by atoms with van der Waals surface area (Å²) >= 11 is 1.51. The fourth-order valence-corrected chi connectivity index (χ4v) is 3.93. The summed E-state index contributed by atoms with van der Waals surface area (Å²) in [5.41, 5.74) is 4.54. The molecule has 2 aromatic carbocycles. The second kappa shape index (κ2) is 10.2. The van der Waals surface area contributed by atoms with E-state index >= 15 is 0 Å². The zero-order valence-corrected chi connectivity index (χ0v) is 18.1. The van der Waals surface area contributed by atoms with Crippen LogP contribution in [-0.4, -0.2) is 17.5 Å². The van der Waals surface area contributed by atoms with Crippen LogP contribution in [0.3, 0.4) is 0 Å². The zero-order valence-electron chi connectivity index (χ0n) is 17.3. The number of aryl methyl sites for hydroxylation is 3. The first-order valence-corrected chi connectivity index (χ1v) is 10.9. The molecule has 152 valence electrons. The highest BCUT2D eigenvalue weighted by atomic mass is 32.1. The van der Waals surface area contributed by atoms with Crippen LogP contribution in [0.4, 0.5) is 5.13 Å². The second-order valence-corrected chi connectivity index (χ2v) is 8.39. The molecule has 0 unspecified atom stereocenters. The maximum atomic E-state index is 12.2. The monoisotopic (exact) mass is 408 g/mol. The van der Waals surface area contributed by atoms with Crippen molar-refractivity contribution >= 4 is 22.4 Å². The minimum absolute atomic E-state index is 0.0314. The number of ether oxygens (including phenoxy) is 1. The van der Waals surface area contributed by atoms with E-state index < -0.39 is 0 Å². The Hall–Kier alpha value is -2.66. The Morgan fingerprint density at radius 3 is 2.48 bits per heavy atom. The molecule has 0 saturated carbocycles. The molecular weight excluding hydrogens is 380 g/mol. The van der Waals surface area contributed by atoms with E-state index in [1.165, 1.54) is 22.5 Å². The number of nitrogens with zero attached hydrogens (tertiary/aromatic N) is 1. The largest absolute Gasteiger partial charge is 0.494 e. The molecule has 0 spiro atoms. The molecular formula is C24H28N2O2S. The van der Waals surface area contributed by atoms with E-state index in [9.17, 15) is 4.79 Å². The van der Waals surface area contributed by atoms with Crippen LogP contribution in [0.25, 0.3) is 11.3 Å². The van der Waals surface area contributed by atoms with Crippen molar-refractivity contribution in [2.24, 2.45) is 0 Å². The Morgan fingerprint density at radius 2 is 1.79 bits per heavy atom. The maximum absolute atomic E-state index is 12.2. The van der Waals surface area contributed by atoms with Crippen molar-refractivity contribution in [3.05, 3.63) is 64.5 Å². The van der Waals surface area contributed by atoms with Gasteiger partial charge in [0, 0.05) is 16.9 Å². The first kappa shape index (κ1) is 21.1. The van der Waals surface area contributed by atoms with E-state index in [-0.39, 0.29) is 5.91 Å². The number of thiazole rings is 1. The molecule has 1 amide bonds. The normalized spacial score (nSPS) is 10.7. The number of rotatable bonds is 9. The zero-order chi connectivity index (χ0) is 20.6. The lowest BCUT2D eigenvalue weighted by molar-refractivity contribution is -0.116. The summed E-state index contributed by atoms with van der Waals surface area (Å²) in [5.74, 6) is 0.819. The number of nitrogens with one attached hydrogen (secondary N) is 1. The molecule has 1 heterocycles. The summed E-state index contributed by atoms with van der Waals surface area (Å²) in [6.45, 7) is 6.79. The van der Waals surface area contributed by atoms with E-state index in [0.717, 1.165) is 34.7 Å². The van der Waals surface area contributed by atoms with Gasteiger partial charge in [0.25, 0.3) is 0 Å². The summed E-state index contributed by atoms with van der Waals surface area (Å²) in [4.78, 5) is 17.9. The van der Waals surface area contributed by atoms with Gasteiger partial charge in [-0.2, -0.15) is 0 Å². The summed E-state index contributed by atoms with van der Waals surface area (Å²) in [6, 6.07) is 16.5. The highest BCUT2D eigenvalue weighted by molar-refractivity contribution is 7.16. The van der Waals surface area contributed by atoms with Crippen molar-refractivity contribution in [3.63, 3.8) is 0 Å². The van der Waals surface area contributed by atoms with Gasteiger partial charge in [-0.1, -0.05) is 55.3 Å². The van der Waals surface area contributed by atoms with Crippen LogP contribution in [-0.2, 0) is 11.2 Å². The predicted molar refractivity (Wildman–Crippen MR) is 121 cm³/mol. The van der Waals surface area contributed by atoms with Gasteiger partial charge in [0.05, 0.1) is 12.3 Å². The van der Waals surface area contributed by atoms with Gasteiger partial charge < -0.3 is 10.1 Å². The molecule has 4 nitrogen and oxygen atoms in total. The molecule has 29 heavy (non-hydrogen) atoms. The third-order valence-electron chi connectivity index (χ3n) is 4.65. The van der Waals surface area contributed by atoms with Crippen LogP contribution in [0.2, 0.25) is 0 Å². The Labute approximate surface area is 177 Å². The molecule has 3 aromatic rings. The molecule has 0 aliphatic rings. The van der Waals surface area contributed by atoms with Gasteiger partial charge in [0.2, 0.25) is 5.91 Å². The lowest BCUT2D eigenvalue weighted by Gasteiger charge is -2.07. The molecule has 0 aliphatic heterocycles. The van der Waals surface area contributed by atoms with Gasteiger partial charge >= 0.3 is 0 Å². The molecule has 0 bridgehead atoms. The molecule has 0 radical (unpaired) electrons. The van der Waals surface area contributed by atoms with Crippen molar-refractivity contribution in [2.75, 3.05) is 11.9 Å². The predicted octanol–water partition coefficient (Wildman–Crippen LogP) is 6.18. The van der Waals surface area contributed by atoms with Gasteiger partial charge in [-0.05, 0) is 44.4 Å². The highest BCUT2D eigenvalue weighted by Crippen LogP contribution is 2.30. The Kier molecular flexibility index (Phi) is 7.42. The topological polar surface area (TPSA) is 51.2 Å². The number of aromatic nitrogens is 1. The minimum Gasteiger partial charge on any atom is -0.494 e. The number of hydrogen-bond donors (Lipinski definition) is 1. The summed E-state index contributed by atoms with van der Waals surface area (Å²) in [6.07, 6.45) is 3.30. The molecule has 1 aromatic heterocycles. The van der Waals surface area contributed by atoms with Gasteiger partial charge in [0.1, 0.15) is 5.75 Å². The first-order chi connectivity index (χ1) is 14.0. The van der Waals surface area contributed by atoms with Crippen LogP contribution in [0.1, 0.15) is 42.2 Å². The first-order valence-electron chi connectivity index (χ1n) is 10.1. The summed E-state index contributed by atoms with van der Waals surface area (Å²) in [5, 5.41) is 3.57. The lowest BCUT2D eigenvalue weighted by atomic mass is 10.1. The molecule has 5 heteroatoms. The SMILES string of the molecule is CCCc1ccc(OCCCC(=O)Nc2nc(-c3ccc(C)cc3)c(C)s2)cc1. The number of carbonyl (C=O) groups excluding carboxylic acids is 1. The molecule has 0 atom stereocenters. The van der Waals surface area contributed by atoms with Gasteiger partial charge in [-0.3, -0.25) is 4.79 Å². The van der Waals surface area contributed by atoms with Crippen LogP contribution in [0, 0.1) is 13.8 Å². The van der Waals surface area contributed by atoms with Crippen molar-refractivity contribution < 1.29 is 9.53 Å². The number of hydrogen-bond acceptors (Lipinski definition) is 4. The average molecular weight is 409 g/mol. The Bertz CT molecular complexity index is 931. The van der Waals surface area contributed by atoms with Crippen molar-refractivity contribution in [2.45, 2.75) is 46.5 Å². The minimum atomic E-state index is -0.0314. The van der Waals surface area contributed by atoms with E-state index in [1.807, 2.05) is 19.1 Å². The van der Waals surface area contributed by atoms with Gasteiger partial charge in [-0.15, -0.1) is 11.3 Å². The fourth-order valence-electron chi connectivity index (χ4n) is 3.07. The highest BCUT2D eigenvalue weighted by Gasteiger charge is 2.12. The quantitative estimate of drug-likeness (QED) is 0.430. The van der Waals surface area contributed by atoms with Gasteiger partial charge in [0.15, 0.2) is 5.13 Å². The number of carbonyl (C=O) groups is 1. The van der Waals surface area contributed by atoms with Crippen LogP contribution in [0.15, 0.2) is 48.5 Å². The standard InChI is InChI=1S/C24H28N2O2S/c1-4-6-19-10-14-21(15-11-19)28-16-5-7-22(27)25-24-26-23(18(3)29-24)20-12-8-17(2)9-13-20/h8-15H,4-7,16H2,1-3H3,(H,25,26,27). The number of benzene rings is 2. The molecule has 0 fully saturated rings. The lowest BCUT2D eigenvalue weighted by Crippen LogP contribution is -2.12. The summed E-state index contributed by atoms with van der Waals surface area (Å²) < 4.78 is 5.74. The summed E-state index contributed by atoms with van der Waals surface area (Å²) in [7, 11) is 0. The Morgan fingerprint density at radius 1 is 1.07 bits per heavy atom. The van der Waals surface area contributed by atoms with E-state index in [1.54, 1.807) is 0 Å². The van der Waals surface area contributed by atoms with E-state index in [4.69, 9.17) is 4.74 Å². The van der Waals surface area contributed by atoms with Crippen LogP contribution in [0.5, 0.6) is 5.75 Å². The molecule has 0 aliphatic carbocycles. The third kappa shape index (κ3) is 6.16. The average Bonchev–Trinajstić information content (AvgIpc) is 3.07. The molecule has 3 rings (SSSR count). The van der Waals surface area contributed by atoms with Crippen molar-refractivity contribution in [3.8, 4) is 17.0 Å². The van der Waals surface area contributed by atoms with Crippen molar-refractivity contribution in [1.82, 2.24) is 4.98 Å². The number of anilines is 1. The maximum Gasteiger partial charge on any atom is 0.226 e. The molecule has 1 N–H and O–H groups in total. The second-order valence-electron chi connectivity index (χ2n) is 7.18. The van der Waals surface area contributed by atoms with E-state index in [0.29, 0.717) is 24.6 Å². The molecule has 0 saturated heterocycles. The van der Waals surface area contributed by atoms with Crippen LogP contribution >= 0.6 is 11.3 Å². The van der Waals surface area contributed by atoms with Crippen LogP contribution < -0.4 is 10.1 Å². The van der Waals surface area contributed by atoms with Crippen molar-refractivity contribution in [1.29, 1.82) is 0 Å². The van der Waals surface area contributed by atoms with Gasteiger partial charge in [-0.25, -0.2) is 4.98 Å². The smallest absolute Gasteiger partial charge is 0.226 e. The van der Waals surface area contributed by atoms with E-state index in [2.05, 4.69) is 60.5 Å². The third-order valence-corrected chi connectivity index (χ3v) is 5.53. The number of amides is 1. The fraction of sp³-hybridized carbons (Fsp3) is 0.333. The Balaban J connectivity index is 1.45.